The quantitative estimate of drug-likeness (QED) is 0.617. The minimum absolute atomic E-state index is 0.212. The number of nitrogens with two attached hydrogens (primary N) is 1. The first-order valence-electron chi connectivity index (χ1n) is 2.97. The lowest BCUT2D eigenvalue weighted by molar-refractivity contribution is 0.152. The molecular formula is C5H7N4O2. The largest absolute Gasteiger partial charge is 0.448 e. The van der Waals surface area contributed by atoms with Crippen molar-refractivity contribution in [3.63, 3.8) is 0 Å². The van der Waals surface area contributed by atoms with Crippen LogP contribution in [0.4, 0.5) is 4.79 Å². The third-order valence-electron chi connectivity index (χ3n) is 0.998. The lowest BCUT2D eigenvalue weighted by Crippen LogP contribution is -2.16. The van der Waals surface area contributed by atoms with Crippen molar-refractivity contribution in [1.29, 1.82) is 0 Å². The Labute approximate surface area is 63.0 Å². The Hall–Kier alpha value is -1.59. The maximum absolute atomic E-state index is 10.1. The molecule has 1 radical (unpaired) electrons. The average molecular weight is 155 g/mol. The highest BCUT2D eigenvalue weighted by Crippen LogP contribution is 1.82. The predicted octanol–water partition coefficient (Wildman–Crippen LogP) is -0.826. The van der Waals surface area contributed by atoms with E-state index in [4.69, 9.17) is 5.73 Å². The summed E-state index contributed by atoms with van der Waals surface area (Å²) < 4.78 is 6.02. The van der Waals surface area contributed by atoms with Crippen LogP contribution in [0.15, 0.2) is 6.33 Å². The first-order chi connectivity index (χ1) is 5.29. The van der Waals surface area contributed by atoms with E-state index in [9.17, 15) is 4.79 Å². The fraction of sp³-hybridized carbons (Fsp3) is 0.400. The van der Waals surface area contributed by atoms with Gasteiger partial charge in [-0.15, -0.1) is 10.2 Å². The molecule has 0 unspecified atom stereocenters. The van der Waals surface area contributed by atoms with E-state index < -0.39 is 6.09 Å². The minimum atomic E-state index is -0.780. The fourth-order valence-corrected chi connectivity index (χ4v) is 0.550. The highest BCUT2D eigenvalue weighted by Gasteiger charge is 1.94. The molecule has 0 bridgehead atoms. The van der Waals surface area contributed by atoms with Crippen molar-refractivity contribution < 1.29 is 9.53 Å². The van der Waals surface area contributed by atoms with Crippen LogP contribution in [0, 0.1) is 6.33 Å². The standard InChI is InChI=1S/C5H7N4O2/c6-5(10)11-2-1-9-3-7-8-4-9/h3H,1-2H2,(H2,6,10). The van der Waals surface area contributed by atoms with Crippen molar-refractivity contribution in [1.82, 2.24) is 14.8 Å². The summed E-state index contributed by atoms with van der Waals surface area (Å²) >= 11 is 0. The van der Waals surface area contributed by atoms with E-state index in [0.29, 0.717) is 6.54 Å². The number of amides is 1. The molecule has 1 amide bonds. The van der Waals surface area contributed by atoms with E-state index in [1.807, 2.05) is 0 Å². The zero-order chi connectivity index (χ0) is 8.10. The third kappa shape index (κ3) is 2.65. The molecule has 1 heterocycles. The van der Waals surface area contributed by atoms with Gasteiger partial charge in [0.25, 0.3) is 0 Å². The predicted molar refractivity (Wildman–Crippen MR) is 34.4 cm³/mol. The van der Waals surface area contributed by atoms with Crippen molar-refractivity contribution in [2.45, 2.75) is 6.54 Å². The van der Waals surface area contributed by atoms with Gasteiger partial charge in [0.15, 0.2) is 0 Å². The molecule has 0 aromatic carbocycles. The molecule has 1 rings (SSSR count). The summed E-state index contributed by atoms with van der Waals surface area (Å²) in [6, 6.07) is 0. The molecule has 0 aliphatic carbocycles. The van der Waals surface area contributed by atoms with Crippen LogP contribution in [0.1, 0.15) is 0 Å². The number of carbonyl (C=O) groups excluding carboxylic acids is 1. The minimum Gasteiger partial charge on any atom is -0.448 e. The highest BCUT2D eigenvalue weighted by atomic mass is 16.5. The molecule has 0 aliphatic rings. The second-order valence-corrected chi connectivity index (χ2v) is 1.79. The number of ether oxygens (including phenoxy) is 1. The Morgan fingerprint density at radius 3 is 3.18 bits per heavy atom. The van der Waals surface area contributed by atoms with Crippen LogP contribution in [0.5, 0.6) is 0 Å². The molecule has 6 heteroatoms. The van der Waals surface area contributed by atoms with Gasteiger partial charge in [0, 0.05) is 0 Å². The molecule has 0 saturated carbocycles. The number of aromatic nitrogens is 3. The number of primary amides is 1. The van der Waals surface area contributed by atoms with Crippen molar-refractivity contribution >= 4 is 6.09 Å². The van der Waals surface area contributed by atoms with E-state index in [1.54, 1.807) is 4.57 Å². The maximum atomic E-state index is 10.1. The second kappa shape index (κ2) is 3.55. The van der Waals surface area contributed by atoms with Crippen molar-refractivity contribution in [3.8, 4) is 0 Å². The van der Waals surface area contributed by atoms with Crippen LogP contribution in [0.3, 0.4) is 0 Å². The van der Waals surface area contributed by atoms with Gasteiger partial charge < -0.3 is 15.0 Å². The molecule has 0 aliphatic heterocycles. The molecule has 0 atom stereocenters. The Morgan fingerprint density at radius 2 is 2.64 bits per heavy atom. The Bertz CT molecular complexity index is 220. The molecule has 2 N–H and O–H groups in total. The van der Waals surface area contributed by atoms with Crippen LogP contribution >= 0.6 is 0 Å². The van der Waals surface area contributed by atoms with Crippen molar-refractivity contribution in [2.24, 2.45) is 5.73 Å². The van der Waals surface area contributed by atoms with Gasteiger partial charge in [0.05, 0.1) is 6.54 Å². The monoisotopic (exact) mass is 155 g/mol. The van der Waals surface area contributed by atoms with Crippen molar-refractivity contribution in [2.75, 3.05) is 6.61 Å². The first kappa shape index (κ1) is 7.52. The molecular weight excluding hydrogens is 148 g/mol. The Kier molecular flexibility index (Phi) is 2.42. The van der Waals surface area contributed by atoms with Gasteiger partial charge in [-0.25, -0.2) is 4.79 Å². The third-order valence-corrected chi connectivity index (χ3v) is 0.998. The first-order valence-corrected chi connectivity index (χ1v) is 2.97. The summed E-state index contributed by atoms with van der Waals surface area (Å²) in [5.74, 6) is 0. The van der Waals surface area contributed by atoms with Gasteiger partial charge in [-0.05, 0) is 0 Å². The van der Waals surface area contributed by atoms with E-state index in [2.05, 4.69) is 21.3 Å². The van der Waals surface area contributed by atoms with E-state index >= 15 is 0 Å². The zero-order valence-electron chi connectivity index (χ0n) is 5.73. The second-order valence-electron chi connectivity index (χ2n) is 1.79. The van der Waals surface area contributed by atoms with Crippen LogP contribution in [-0.4, -0.2) is 27.5 Å². The summed E-state index contributed by atoms with van der Waals surface area (Å²) in [6.07, 6.45) is 3.23. The van der Waals surface area contributed by atoms with Crippen molar-refractivity contribution in [3.05, 3.63) is 12.7 Å². The lowest BCUT2D eigenvalue weighted by atomic mass is 10.7. The van der Waals surface area contributed by atoms with Gasteiger partial charge in [-0.3, -0.25) is 0 Å². The van der Waals surface area contributed by atoms with Gasteiger partial charge >= 0.3 is 6.09 Å². The summed E-state index contributed by atoms with van der Waals surface area (Å²) in [5, 5.41) is 6.94. The summed E-state index contributed by atoms with van der Waals surface area (Å²) in [6.45, 7) is 0.680. The summed E-state index contributed by atoms with van der Waals surface area (Å²) in [5.41, 5.74) is 4.72. The van der Waals surface area contributed by atoms with Crippen LogP contribution < -0.4 is 5.73 Å². The maximum Gasteiger partial charge on any atom is 0.404 e. The number of carbonyl (C=O) groups is 1. The molecule has 11 heavy (non-hydrogen) atoms. The van der Waals surface area contributed by atoms with Crippen LogP contribution in [0.2, 0.25) is 0 Å². The molecule has 0 saturated heterocycles. The summed E-state index contributed by atoms with van der Waals surface area (Å²) in [7, 11) is 0. The SMILES string of the molecule is NC(=O)OCCn1[c]nnc1. The average Bonchev–Trinajstić information content (AvgIpc) is 2.39. The Morgan fingerprint density at radius 1 is 1.82 bits per heavy atom. The molecule has 0 spiro atoms. The van der Waals surface area contributed by atoms with Crippen LogP contribution in [0.25, 0.3) is 0 Å². The van der Waals surface area contributed by atoms with E-state index in [-0.39, 0.29) is 6.61 Å². The fourth-order valence-electron chi connectivity index (χ4n) is 0.550. The molecule has 1 aromatic rings. The van der Waals surface area contributed by atoms with Gasteiger partial charge in [-0.2, -0.15) is 0 Å². The molecule has 1 aromatic heterocycles. The lowest BCUT2D eigenvalue weighted by Gasteiger charge is -1.99. The van der Waals surface area contributed by atoms with Gasteiger partial charge in [0.1, 0.15) is 12.9 Å². The van der Waals surface area contributed by atoms with E-state index in [0.717, 1.165) is 0 Å². The Balaban J connectivity index is 2.19. The normalized spacial score (nSPS) is 9.45. The molecule has 0 fully saturated rings. The number of nitrogens with zero attached hydrogens (tertiary/aromatic N) is 3. The van der Waals surface area contributed by atoms with E-state index in [1.165, 1.54) is 6.33 Å². The highest BCUT2D eigenvalue weighted by molar-refractivity contribution is 5.64. The van der Waals surface area contributed by atoms with Crippen LogP contribution in [-0.2, 0) is 11.3 Å². The number of rotatable bonds is 3. The summed E-state index contributed by atoms with van der Waals surface area (Å²) in [4.78, 5) is 10.1. The number of hydrogen-bond acceptors (Lipinski definition) is 4. The molecule has 6 nitrogen and oxygen atoms in total. The number of hydrogen-bond donors (Lipinski definition) is 1. The van der Waals surface area contributed by atoms with Gasteiger partial charge in [-0.1, -0.05) is 0 Å². The molecule has 59 valence electrons. The van der Waals surface area contributed by atoms with Gasteiger partial charge in [0.2, 0.25) is 6.33 Å². The topological polar surface area (TPSA) is 83.0 Å². The smallest absolute Gasteiger partial charge is 0.404 e. The zero-order valence-corrected chi connectivity index (χ0v) is 5.73.